The Bertz CT molecular complexity index is 1310. The van der Waals surface area contributed by atoms with Crippen molar-refractivity contribution in [2.24, 2.45) is 5.92 Å². The molecule has 216 valence electrons. The fourth-order valence-electron chi connectivity index (χ4n) is 6.18. The highest BCUT2D eigenvalue weighted by molar-refractivity contribution is 5.89. The average Bonchev–Trinajstić information content (AvgIpc) is 3.01. The number of rotatable bonds is 6. The standard InChI is InChI=1S/C33H36F3N3O2/c1-24(25-8-4-2-5-9-25)37-31(41)32(27-10-6-3-7-11-27)18-22-39(23-19-32)30(40)26-16-20-38(21-17-26)29-14-12-28(13-15-29)33(34,35)36/h2-15,24,26H,16-23H2,1H3,(H,37,41)/t24-/m0/s1. The summed E-state index contributed by atoms with van der Waals surface area (Å²) in [7, 11) is 0. The summed E-state index contributed by atoms with van der Waals surface area (Å²) in [5.41, 5.74) is 1.37. The normalized spacial score (nSPS) is 18.5. The van der Waals surface area contributed by atoms with Crippen LogP contribution in [0.4, 0.5) is 18.9 Å². The van der Waals surface area contributed by atoms with E-state index in [2.05, 4.69) is 5.32 Å². The largest absolute Gasteiger partial charge is 0.416 e. The van der Waals surface area contributed by atoms with Gasteiger partial charge in [0.25, 0.3) is 0 Å². The summed E-state index contributed by atoms with van der Waals surface area (Å²) < 4.78 is 38.7. The monoisotopic (exact) mass is 563 g/mol. The van der Waals surface area contributed by atoms with Crippen molar-refractivity contribution in [2.75, 3.05) is 31.1 Å². The van der Waals surface area contributed by atoms with Crippen molar-refractivity contribution in [1.29, 1.82) is 0 Å². The highest BCUT2D eigenvalue weighted by atomic mass is 19.4. The molecule has 0 spiro atoms. The maximum atomic E-state index is 13.8. The Morgan fingerprint density at radius 1 is 0.829 bits per heavy atom. The van der Waals surface area contributed by atoms with Gasteiger partial charge < -0.3 is 15.1 Å². The minimum Gasteiger partial charge on any atom is -0.371 e. The molecule has 5 rings (SSSR count). The maximum absolute atomic E-state index is 13.8. The lowest BCUT2D eigenvalue weighted by Crippen LogP contribution is -2.54. The zero-order valence-electron chi connectivity index (χ0n) is 23.2. The van der Waals surface area contributed by atoms with E-state index >= 15 is 0 Å². The van der Waals surface area contributed by atoms with Crippen molar-refractivity contribution in [3.63, 3.8) is 0 Å². The van der Waals surface area contributed by atoms with Crippen LogP contribution in [0.25, 0.3) is 0 Å². The summed E-state index contributed by atoms with van der Waals surface area (Å²) in [5, 5.41) is 3.23. The van der Waals surface area contributed by atoms with E-state index in [4.69, 9.17) is 0 Å². The molecule has 1 atom stereocenters. The van der Waals surface area contributed by atoms with Gasteiger partial charge in [0.05, 0.1) is 17.0 Å². The number of anilines is 1. The molecule has 0 radical (unpaired) electrons. The zero-order chi connectivity index (χ0) is 29.0. The number of alkyl halides is 3. The minimum atomic E-state index is -4.36. The fourth-order valence-corrected chi connectivity index (χ4v) is 6.18. The first-order chi connectivity index (χ1) is 19.7. The number of hydrogen-bond acceptors (Lipinski definition) is 3. The molecular weight excluding hydrogens is 527 g/mol. The van der Waals surface area contributed by atoms with Crippen LogP contribution in [-0.2, 0) is 21.2 Å². The van der Waals surface area contributed by atoms with Crippen LogP contribution < -0.4 is 10.2 Å². The van der Waals surface area contributed by atoms with Crippen LogP contribution in [-0.4, -0.2) is 42.9 Å². The number of benzene rings is 3. The fraction of sp³-hybridized carbons (Fsp3) is 0.394. The van der Waals surface area contributed by atoms with Crippen molar-refractivity contribution in [3.05, 3.63) is 102 Å². The van der Waals surface area contributed by atoms with Gasteiger partial charge in [-0.25, -0.2) is 0 Å². The van der Waals surface area contributed by atoms with Gasteiger partial charge in [-0.15, -0.1) is 0 Å². The van der Waals surface area contributed by atoms with Crippen molar-refractivity contribution in [2.45, 2.75) is 50.2 Å². The predicted octanol–water partition coefficient (Wildman–Crippen LogP) is 6.36. The van der Waals surface area contributed by atoms with Crippen LogP contribution in [0.15, 0.2) is 84.9 Å². The van der Waals surface area contributed by atoms with E-state index < -0.39 is 17.2 Å². The third kappa shape index (κ3) is 6.26. The summed E-state index contributed by atoms with van der Waals surface area (Å²) in [6.45, 7) is 4.22. The Labute approximate surface area is 239 Å². The van der Waals surface area contributed by atoms with Gasteiger partial charge >= 0.3 is 6.18 Å². The molecule has 1 N–H and O–H groups in total. The number of nitrogens with zero attached hydrogens (tertiary/aromatic N) is 2. The molecule has 2 aliphatic heterocycles. The molecule has 2 aliphatic rings. The third-order valence-electron chi connectivity index (χ3n) is 8.74. The molecular formula is C33H36F3N3O2. The van der Waals surface area contributed by atoms with Crippen LogP contribution in [0.3, 0.4) is 0 Å². The molecule has 0 aliphatic carbocycles. The molecule has 0 bridgehead atoms. The second kappa shape index (κ2) is 12.0. The molecule has 0 aromatic heterocycles. The zero-order valence-corrected chi connectivity index (χ0v) is 23.2. The molecule has 5 nitrogen and oxygen atoms in total. The lowest BCUT2D eigenvalue weighted by atomic mass is 9.71. The molecule has 8 heteroatoms. The van der Waals surface area contributed by atoms with Crippen LogP contribution in [0.5, 0.6) is 0 Å². The number of halogens is 3. The van der Waals surface area contributed by atoms with E-state index in [1.807, 2.05) is 77.4 Å². The summed E-state index contributed by atoms with van der Waals surface area (Å²) in [4.78, 5) is 31.3. The van der Waals surface area contributed by atoms with Crippen LogP contribution in [0.2, 0.25) is 0 Å². The molecule has 0 unspecified atom stereocenters. The second-order valence-corrected chi connectivity index (χ2v) is 11.2. The van der Waals surface area contributed by atoms with E-state index in [-0.39, 0.29) is 23.8 Å². The quantitative estimate of drug-likeness (QED) is 0.380. The Morgan fingerprint density at radius 3 is 1.95 bits per heavy atom. The van der Waals surface area contributed by atoms with E-state index in [1.165, 1.54) is 12.1 Å². The van der Waals surface area contributed by atoms with Crippen molar-refractivity contribution in [1.82, 2.24) is 10.2 Å². The van der Waals surface area contributed by atoms with Gasteiger partial charge in [0, 0.05) is 37.8 Å². The molecule has 2 amide bonds. The Balaban J connectivity index is 1.21. The van der Waals surface area contributed by atoms with Gasteiger partial charge in [-0.2, -0.15) is 13.2 Å². The Hall–Kier alpha value is -3.81. The number of nitrogens with one attached hydrogen (secondary N) is 1. The first-order valence-corrected chi connectivity index (χ1v) is 14.3. The van der Waals surface area contributed by atoms with E-state index in [0.717, 1.165) is 28.9 Å². The van der Waals surface area contributed by atoms with E-state index in [1.54, 1.807) is 0 Å². The topological polar surface area (TPSA) is 52.7 Å². The number of carbonyl (C=O) groups excluding carboxylic acids is 2. The second-order valence-electron chi connectivity index (χ2n) is 11.2. The summed E-state index contributed by atoms with van der Waals surface area (Å²) in [5.74, 6) is -0.0364. The number of piperidine rings is 2. The Morgan fingerprint density at radius 2 is 1.39 bits per heavy atom. The highest BCUT2D eigenvalue weighted by Crippen LogP contribution is 2.38. The molecule has 0 saturated carbocycles. The number of hydrogen-bond donors (Lipinski definition) is 1. The van der Waals surface area contributed by atoms with Crippen LogP contribution in [0.1, 0.15) is 55.3 Å². The van der Waals surface area contributed by atoms with Gasteiger partial charge in [0.15, 0.2) is 0 Å². The van der Waals surface area contributed by atoms with Gasteiger partial charge in [-0.1, -0.05) is 60.7 Å². The molecule has 2 heterocycles. The molecule has 3 aromatic carbocycles. The smallest absolute Gasteiger partial charge is 0.371 e. The molecule has 41 heavy (non-hydrogen) atoms. The summed E-state index contributed by atoms with van der Waals surface area (Å²) in [6, 6.07) is 24.8. The lowest BCUT2D eigenvalue weighted by molar-refractivity contribution is -0.140. The van der Waals surface area contributed by atoms with Gasteiger partial charge in [-0.05, 0) is 68.0 Å². The number of likely N-dealkylation sites (tertiary alicyclic amines) is 1. The van der Waals surface area contributed by atoms with Crippen molar-refractivity contribution >= 4 is 17.5 Å². The minimum absolute atomic E-state index is 0.0167. The number of carbonyl (C=O) groups is 2. The van der Waals surface area contributed by atoms with Crippen LogP contribution >= 0.6 is 0 Å². The first kappa shape index (κ1) is 28.7. The molecule has 2 fully saturated rings. The summed E-state index contributed by atoms with van der Waals surface area (Å²) in [6.07, 6.45) is -1.98. The summed E-state index contributed by atoms with van der Waals surface area (Å²) >= 11 is 0. The van der Waals surface area contributed by atoms with E-state index in [9.17, 15) is 22.8 Å². The third-order valence-corrected chi connectivity index (χ3v) is 8.74. The lowest BCUT2D eigenvalue weighted by Gasteiger charge is -2.43. The van der Waals surface area contributed by atoms with Gasteiger partial charge in [-0.3, -0.25) is 9.59 Å². The SMILES string of the molecule is C[C@H](NC(=O)C1(c2ccccc2)CCN(C(=O)C2CCN(c3ccc(C(F)(F)F)cc3)CC2)CC1)c1ccccc1. The van der Waals surface area contributed by atoms with Crippen LogP contribution in [0, 0.1) is 5.92 Å². The highest BCUT2D eigenvalue weighted by Gasteiger charge is 2.45. The predicted molar refractivity (Wildman–Crippen MR) is 153 cm³/mol. The molecule has 3 aromatic rings. The van der Waals surface area contributed by atoms with Crippen molar-refractivity contribution < 1.29 is 22.8 Å². The molecule has 2 saturated heterocycles. The maximum Gasteiger partial charge on any atom is 0.416 e. The van der Waals surface area contributed by atoms with E-state index in [0.29, 0.717) is 51.9 Å². The average molecular weight is 564 g/mol. The number of amides is 2. The van der Waals surface area contributed by atoms with Crippen molar-refractivity contribution in [3.8, 4) is 0 Å². The first-order valence-electron chi connectivity index (χ1n) is 14.3. The van der Waals surface area contributed by atoms with Gasteiger partial charge in [0.2, 0.25) is 11.8 Å². The van der Waals surface area contributed by atoms with Gasteiger partial charge in [0.1, 0.15) is 0 Å². The Kier molecular flexibility index (Phi) is 8.38.